The molecule has 3 aromatic carbocycles. The van der Waals surface area contributed by atoms with Crippen LogP contribution in [-0.4, -0.2) is 33.0 Å². The topological polar surface area (TPSA) is 90.5 Å². The van der Waals surface area contributed by atoms with E-state index in [9.17, 15) is 14.0 Å². The molecule has 0 aliphatic rings. The number of hydrogen-bond acceptors (Lipinski definition) is 5. The Balaban J connectivity index is 1.35. The summed E-state index contributed by atoms with van der Waals surface area (Å²) in [7, 11) is 0. The summed E-state index contributed by atoms with van der Waals surface area (Å²) in [5.41, 5.74) is 4.25. The van der Waals surface area contributed by atoms with Gasteiger partial charge in [-0.3, -0.25) is 9.59 Å². The maximum Gasteiger partial charge on any atom is 0.282 e. The zero-order chi connectivity index (χ0) is 30.5. The van der Waals surface area contributed by atoms with E-state index in [4.69, 9.17) is 9.72 Å². The lowest BCUT2D eigenvalue weighted by Gasteiger charge is -2.12. The summed E-state index contributed by atoms with van der Waals surface area (Å²) in [4.78, 5) is 30.4. The Morgan fingerprint density at radius 2 is 1.86 bits per heavy atom. The van der Waals surface area contributed by atoms with E-state index in [1.165, 1.54) is 16.8 Å². The molecule has 220 valence electrons. The zero-order valence-corrected chi connectivity index (χ0v) is 25.7. The first-order valence-corrected chi connectivity index (χ1v) is 14.8. The molecule has 0 bridgehead atoms. The van der Waals surface area contributed by atoms with Crippen molar-refractivity contribution in [3.8, 4) is 11.4 Å². The number of halogens is 2. The lowest BCUT2D eigenvalue weighted by Crippen LogP contribution is -2.22. The molecule has 10 heteroatoms. The zero-order valence-electron chi connectivity index (χ0n) is 24.1. The van der Waals surface area contributed by atoms with Gasteiger partial charge in [0, 0.05) is 33.5 Å². The number of anilines is 1. The smallest absolute Gasteiger partial charge is 0.282 e. The molecule has 0 aliphatic carbocycles. The van der Waals surface area contributed by atoms with Crippen LogP contribution in [-0.2, 0) is 11.2 Å². The molecule has 0 spiro atoms. The maximum absolute atomic E-state index is 13.8. The SMILES string of the molecule is CCCCc1nc2ccc(Br)cc2c(=O)n1N=Cc1cc(C)n(-c2ccc(OCC(=O)Nc3ccccc3F)cc2)c1C. The number of nitrogens with zero attached hydrogens (tertiary/aromatic N) is 4. The van der Waals surface area contributed by atoms with Crippen molar-refractivity contribution < 1.29 is 13.9 Å². The summed E-state index contributed by atoms with van der Waals surface area (Å²) in [5, 5.41) is 7.62. The summed E-state index contributed by atoms with van der Waals surface area (Å²) in [6.07, 6.45) is 4.22. The molecule has 2 heterocycles. The Morgan fingerprint density at radius 1 is 1.09 bits per heavy atom. The second-order valence-electron chi connectivity index (χ2n) is 10.1. The van der Waals surface area contributed by atoms with Gasteiger partial charge in [-0.2, -0.15) is 9.78 Å². The Bertz CT molecular complexity index is 1880. The number of ether oxygens (including phenoxy) is 1. The fourth-order valence-corrected chi connectivity index (χ4v) is 5.20. The van der Waals surface area contributed by atoms with E-state index in [1.54, 1.807) is 36.5 Å². The minimum absolute atomic E-state index is 0.108. The minimum atomic E-state index is -0.506. The number of amides is 1. The Labute approximate surface area is 257 Å². The van der Waals surface area contributed by atoms with Crippen LogP contribution < -0.4 is 15.6 Å². The highest BCUT2D eigenvalue weighted by molar-refractivity contribution is 9.10. The maximum atomic E-state index is 13.8. The predicted molar refractivity (Wildman–Crippen MR) is 171 cm³/mol. The third kappa shape index (κ3) is 6.75. The van der Waals surface area contributed by atoms with Gasteiger partial charge in [0.25, 0.3) is 11.5 Å². The quantitative estimate of drug-likeness (QED) is 0.167. The van der Waals surface area contributed by atoms with Crippen LogP contribution >= 0.6 is 15.9 Å². The van der Waals surface area contributed by atoms with Crippen molar-refractivity contribution in [3.05, 3.63) is 116 Å². The number of nitrogens with one attached hydrogen (secondary N) is 1. The van der Waals surface area contributed by atoms with Crippen LogP contribution in [0.5, 0.6) is 5.75 Å². The number of aromatic nitrogens is 3. The number of benzene rings is 3. The van der Waals surface area contributed by atoms with E-state index < -0.39 is 11.7 Å². The normalized spacial score (nSPS) is 11.4. The van der Waals surface area contributed by atoms with Crippen LogP contribution in [0.2, 0.25) is 0 Å². The number of aryl methyl sites for hydroxylation is 2. The van der Waals surface area contributed by atoms with Crippen molar-refractivity contribution in [3.63, 3.8) is 0 Å². The molecule has 1 N–H and O–H groups in total. The summed E-state index contributed by atoms with van der Waals surface area (Å²) in [5.74, 6) is 0.172. The molecular weight excluding hydrogens is 613 g/mol. The highest BCUT2D eigenvalue weighted by Gasteiger charge is 2.14. The molecule has 0 saturated carbocycles. The number of rotatable bonds is 10. The van der Waals surface area contributed by atoms with Gasteiger partial charge in [-0.15, -0.1) is 0 Å². The average Bonchev–Trinajstić information content (AvgIpc) is 3.28. The van der Waals surface area contributed by atoms with Crippen LogP contribution in [0, 0.1) is 19.7 Å². The molecule has 8 nitrogen and oxygen atoms in total. The molecule has 0 atom stereocenters. The third-order valence-corrected chi connectivity index (χ3v) is 7.52. The monoisotopic (exact) mass is 643 g/mol. The Morgan fingerprint density at radius 3 is 2.60 bits per heavy atom. The number of unbranched alkanes of at least 4 members (excludes halogenated alkanes) is 1. The van der Waals surface area contributed by atoms with E-state index in [0.29, 0.717) is 28.9 Å². The van der Waals surface area contributed by atoms with Gasteiger partial charge in [-0.25, -0.2) is 9.37 Å². The molecular formula is C33H31BrFN5O3. The second kappa shape index (κ2) is 13.2. The van der Waals surface area contributed by atoms with E-state index >= 15 is 0 Å². The van der Waals surface area contributed by atoms with Gasteiger partial charge >= 0.3 is 0 Å². The van der Waals surface area contributed by atoms with Gasteiger partial charge in [0.05, 0.1) is 22.8 Å². The summed E-state index contributed by atoms with van der Waals surface area (Å²) < 4.78 is 23.7. The largest absolute Gasteiger partial charge is 0.484 e. The number of hydrogen-bond donors (Lipinski definition) is 1. The highest BCUT2D eigenvalue weighted by atomic mass is 79.9. The molecule has 43 heavy (non-hydrogen) atoms. The molecule has 0 fully saturated rings. The van der Waals surface area contributed by atoms with Crippen LogP contribution in [0.25, 0.3) is 16.6 Å². The first-order chi connectivity index (χ1) is 20.7. The molecule has 0 saturated heterocycles. The van der Waals surface area contributed by atoms with Crippen LogP contribution in [0.15, 0.2) is 87.2 Å². The van der Waals surface area contributed by atoms with Crippen LogP contribution in [0.4, 0.5) is 10.1 Å². The third-order valence-electron chi connectivity index (χ3n) is 7.02. The summed E-state index contributed by atoms with van der Waals surface area (Å²) in [6.45, 7) is 5.83. The first kappa shape index (κ1) is 29.9. The molecule has 1 amide bonds. The molecule has 5 aromatic rings. The highest BCUT2D eigenvalue weighted by Crippen LogP contribution is 2.23. The molecule has 5 rings (SSSR count). The first-order valence-electron chi connectivity index (χ1n) is 14.0. The van der Waals surface area contributed by atoms with Gasteiger partial charge in [0.15, 0.2) is 6.61 Å². The minimum Gasteiger partial charge on any atom is -0.484 e. The van der Waals surface area contributed by atoms with E-state index in [-0.39, 0.29) is 17.9 Å². The average molecular weight is 645 g/mol. The van der Waals surface area contributed by atoms with Crippen molar-refractivity contribution >= 4 is 44.6 Å². The van der Waals surface area contributed by atoms with Gasteiger partial charge in [-0.05, 0) is 80.9 Å². The van der Waals surface area contributed by atoms with Crippen LogP contribution in [0.3, 0.4) is 0 Å². The predicted octanol–water partition coefficient (Wildman–Crippen LogP) is 6.95. The van der Waals surface area contributed by atoms with Gasteiger partial charge in [0.1, 0.15) is 17.4 Å². The van der Waals surface area contributed by atoms with Crippen molar-refractivity contribution in [1.82, 2.24) is 14.2 Å². The van der Waals surface area contributed by atoms with Crippen molar-refractivity contribution in [2.45, 2.75) is 40.0 Å². The van der Waals surface area contributed by atoms with Gasteiger partial charge in [0.2, 0.25) is 0 Å². The number of fused-ring (bicyclic) bond motifs is 1. The van der Waals surface area contributed by atoms with Crippen molar-refractivity contribution in [2.75, 3.05) is 11.9 Å². The second-order valence-corrected chi connectivity index (χ2v) is 11.0. The van der Waals surface area contributed by atoms with Gasteiger partial charge < -0.3 is 14.6 Å². The molecule has 2 aromatic heterocycles. The van der Waals surface area contributed by atoms with Crippen molar-refractivity contribution in [1.29, 1.82) is 0 Å². The van der Waals surface area contributed by atoms with Gasteiger partial charge in [-0.1, -0.05) is 41.4 Å². The summed E-state index contributed by atoms with van der Waals surface area (Å²) in [6, 6.07) is 20.8. The molecule has 0 unspecified atom stereocenters. The number of para-hydroxylation sites is 1. The van der Waals surface area contributed by atoms with E-state index in [1.807, 2.05) is 44.2 Å². The lowest BCUT2D eigenvalue weighted by molar-refractivity contribution is -0.118. The van der Waals surface area contributed by atoms with Crippen molar-refractivity contribution in [2.24, 2.45) is 5.10 Å². The fraction of sp³-hybridized carbons (Fsp3) is 0.212. The Hall–Kier alpha value is -4.57. The lowest BCUT2D eigenvalue weighted by atomic mass is 10.2. The van der Waals surface area contributed by atoms with E-state index in [0.717, 1.165) is 40.0 Å². The van der Waals surface area contributed by atoms with E-state index in [2.05, 4.69) is 37.8 Å². The molecule has 0 aliphatic heterocycles. The molecule has 0 radical (unpaired) electrons. The fourth-order valence-electron chi connectivity index (χ4n) is 4.84. The Kier molecular flexibility index (Phi) is 9.16. The summed E-state index contributed by atoms with van der Waals surface area (Å²) >= 11 is 3.45. The number of carbonyl (C=O) groups is 1. The number of carbonyl (C=O) groups excluding carboxylic acids is 1. The van der Waals surface area contributed by atoms with Crippen LogP contribution in [0.1, 0.15) is 42.5 Å². The standard InChI is InChI=1S/C33H31BrFN5O3/c1-4-5-10-31-37-29-16-11-24(34)18-27(29)33(42)40(31)36-19-23-17-21(2)39(22(23)3)25-12-14-26(15-13-25)43-20-32(41)38-30-9-7-6-8-28(30)35/h6-9,11-19H,4-5,10,20H2,1-3H3,(H,38,41).